The fourth-order valence-corrected chi connectivity index (χ4v) is 3.42. The highest BCUT2D eigenvalue weighted by molar-refractivity contribution is 9.10. The van der Waals surface area contributed by atoms with Gasteiger partial charge >= 0.3 is 0 Å². The van der Waals surface area contributed by atoms with Crippen molar-refractivity contribution in [3.05, 3.63) is 28.2 Å². The lowest BCUT2D eigenvalue weighted by molar-refractivity contribution is 0.324. The molecule has 0 bridgehead atoms. The number of halogens is 1. The summed E-state index contributed by atoms with van der Waals surface area (Å²) in [6, 6.07) is 7.12. The number of rotatable bonds is 9. The van der Waals surface area contributed by atoms with Crippen molar-refractivity contribution in [1.82, 2.24) is 10.2 Å². The predicted molar refractivity (Wildman–Crippen MR) is 94.6 cm³/mol. The highest BCUT2D eigenvalue weighted by atomic mass is 79.9. The Hall–Kier alpha value is -0.0300. The van der Waals surface area contributed by atoms with Crippen LogP contribution in [0.5, 0.6) is 0 Å². The maximum atomic E-state index is 3.57. The van der Waals surface area contributed by atoms with Crippen molar-refractivity contribution in [3.8, 4) is 0 Å². The van der Waals surface area contributed by atoms with Crippen LogP contribution >= 0.6 is 27.7 Å². The van der Waals surface area contributed by atoms with Gasteiger partial charge in [0.1, 0.15) is 0 Å². The number of benzene rings is 1. The summed E-state index contributed by atoms with van der Waals surface area (Å²) in [6.07, 6.45) is 0. The van der Waals surface area contributed by atoms with Gasteiger partial charge in [0, 0.05) is 34.3 Å². The summed E-state index contributed by atoms with van der Waals surface area (Å²) in [5, 5.41) is 3.51. The molecule has 0 heterocycles. The second-order valence-electron chi connectivity index (χ2n) is 5.16. The van der Waals surface area contributed by atoms with Crippen molar-refractivity contribution in [2.45, 2.75) is 45.2 Å². The predicted octanol–water partition coefficient (Wildman–Crippen LogP) is 4.38. The van der Waals surface area contributed by atoms with Crippen LogP contribution in [0, 0.1) is 0 Å². The molecule has 2 nitrogen and oxygen atoms in total. The van der Waals surface area contributed by atoms with Crippen LogP contribution in [0.15, 0.2) is 27.6 Å². The zero-order chi connectivity index (χ0) is 15.0. The molecule has 114 valence electrons. The molecule has 0 radical (unpaired) electrons. The Morgan fingerprint density at radius 3 is 2.55 bits per heavy atom. The quantitative estimate of drug-likeness (QED) is 0.659. The monoisotopic (exact) mass is 358 g/mol. The topological polar surface area (TPSA) is 15.3 Å². The zero-order valence-corrected chi connectivity index (χ0v) is 15.5. The molecule has 0 amide bonds. The number of hydrogen-bond donors (Lipinski definition) is 1. The van der Waals surface area contributed by atoms with Crippen LogP contribution in [0.2, 0.25) is 0 Å². The van der Waals surface area contributed by atoms with Crippen molar-refractivity contribution in [2.75, 3.05) is 25.4 Å². The van der Waals surface area contributed by atoms with Crippen LogP contribution in [-0.2, 0) is 6.54 Å². The normalized spacial score (nSPS) is 11.6. The third kappa shape index (κ3) is 6.61. The molecule has 0 aromatic heterocycles. The van der Waals surface area contributed by atoms with Crippen molar-refractivity contribution in [1.29, 1.82) is 0 Å². The van der Waals surface area contributed by atoms with E-state index in [4.69, 9.17) is 0 Å². The Morgan fingerprint density at radius 1 is 1.25 bits per heavy atom. The van der Waals surface area contributed by atoms with Gasteiger partial charge in [0.15, 0.2) is 0 Å². The van der Waals surface area contributed by atoms with E-state index in [2.05, 4.69) is 72.0 Å². The van der Waals surface area contributed by atoms with E-state index in [-0.39, 0.29) is 0 Å². The van der Waals surface area contributed by atoms with Crippen LogP contribution in [0.25, 0.3) is 0 Å². The minimum Gasteiger partial charge on any atom is -0.310 e. The average Bonchev–Trinajstić information content (AvgIpc) is 2.43. The average molecular weight is 359 g/mol. The summed E-state index contributed by atoms with van der Waals surface area (Å²) in [6.45, 7) is 13.2. The molecule has 0 saturated carbocycles. The molecule has 0 aliphatic rings. The number of nitrogens with one attached hydrogen (secondary N) is 1. The SMILES string of the molecule is CCN(CC)CCSc1ccc(Br)cc1CNC(C)C. The van der Waals surface area contributed by atoms with Gasteiger partial charge in [0.2, 0.25) is 0 Å². The van der Waals surface area contributed by atoms with Crippen LogP contribution in [0.1, 0.15) is 33.3 Å². The van der Waals surface area contributed by atoms with Crippen LogP contribution in [-0.4, -0.2) is 36.3 Å². The van der Waals surface area contributed by atoms with Gasteiger partial charge in [-0.05, 0) is 36.9 Å². The Labute approximate surface area is 136 Å². The molecule has 0 saturated heterocycles. The summed E-state index contributed by atoms with van der Waals surface area (Å²) >= 11 is 5.54. The van der Waals surface area contributed by atoms with Gasteiger partial charge in [0.05, 0.1) is 0 Å². The van der Waals surface area contributed by atoms with Gasteiger partial charge in [-0.3, -0.25) is 0 Å². The molecule has 0 spiro atoms. The van der Waals surface area contributed by atoms with Gasteiger partial charge in [-0.15, -0.1) is 11.8 Å². The molecule has 0 atom stereocenters. The van der Waals surface area contributed by atoms with E-state index in [9.17, 15) is 0 Å². The third-order valence-corrected chi connectivity index (χ3v) is 4.87. The maximum Gasteiger partial charge on any atom is 0.0219 e. The van der Waals surface area contributed by atoms with Crippen LogP contribution in [0.4, 0.5) is 0 Å². The molecule has 0 aliphatic heterocycles. The van der Waals surface area contributed by atoms with E-state index in [1.807, 2.05) is 11.8 Å². The second-order valence-corrected chi connectivity index (χ2v) is 7.22. The molecule has 1 rings (SSSR count). The first kappa shape index (κ1) is 18.0. The fourth-order valence-electron chi connectivity index (χ4n) is 1.97. The smallest absolute Gasteiger partial charge is 0.0219 e. The molecule has 0 fully saturated rings. The summed E-state index contributed by atoms with van der Waals surface area (Å²) in [5.74, 6) is 1.15. The van der Waals surface area contributed by atoms with E-state index in [1.54, 1.807) is 0 Å². The summed E-state index contributed by atoms with van der Waals surface area (Å²) in [7, 11) is 0. The lowest BCUT2D eigenvalue weighted by Crippen LogP contribution is -2.25. The van der Waals surface area contributed by atoms with Gasteiger partial charge in [-0.1, -0.05) is 43.6 Å². The summed E-state index contributed by atoms with van der Waals surface area (Å²) in [4.78, 5) is 3.87. The molecule has 0 unspecified atom stereocenters. The maximum absolute atomic E-state index is 3.57. The van der Waals surface area contributed by atoms with E-state index in [1.165, 1.54) is 10.5 Å². The molecule has 0 aliphatic carbocycles. The highest BCUT2D eigenvalue weighted by Crippen LogP contribution is 2.26. The minimum absolute atomic E-state index is 0.516. The van der Waals surface area contributed by atoms with Gasteiger partial charge in [-0.25, -0.2) is 0 Å². The summed E-state index contributed by atoms with van der Waals surface area (Å²) < 4.78 is 1.16. The van der Waals surface area contributed by atoms with Crippen molar-refractivity contribution in [2.24, 2.45) is 0 Å². The first-order valence-electron chi connectivity index (χ1n) is 7.43. The number of nitrogens with zero attached hydrogens (tertiary/aromatic N) is 1. The lowest BCUT2D eigenvalue weighted by atomic mass is 10.2. The third-order valence-electron chi connectivity index (χ3n) is 3.28. The fraction of sp³-hybridized carbons (Fsp3) is 0.625. The molecule has 4 heteroatoms. The first-order valence-corrected chi connectivity index (χ1v) is 9.21. The van der Waals surface area contributed by atoms with E-state index < -0.39 is 0 Å². The standard InChI is InChI=1S/C16H27BrN2S/c1-5-19(6-2)9-10-20-16-8-7-15(17)11-14(16)12-18-13(3)4/h7-8,11,13,18H,5-6,9-10,12H2,1-4H3. The molecule has 1 N–H and O–H groups in total. The Kier molecular flexibility index (Phi) is 8.85. The van der Waals surface area contributed by atoms with E-state index in [0.29, 0.717) is 6.04 Å². The van der Waals surface area contributed by atoms with Crippen molar-refractivity contribution < 1.29 is 0 Å². The molecular formula is C16H27BrN2S. The molecule has 1 aromatic rings. The van der Waals surface area contributed by atoms with Crippen LogP contribution in [0.3, 0.4) is 0 Å². The van der Waals surface area contributed by atoms with Crippen LogP contribution < -0.4 is 5.32 Å². The zero-order valence-electron chi connectivity index (χ0n) is 13.1. The van der Waals surface area contributed by atoms with E-state index >= 15 is 0 Å². The Balaban J connectivity index is 2.59. The van der Waals surface area contributed by atoms with E-state index in [0.717, 1.165) is 36.4 Å². The van der Waals surface area contributed by atoms with Gasteiger partial charge in [-0.2, -0.15) is 0 Å². The Bertz CT molecular complexity index is 392. The minimum atomic E-state index is 0.516. The highest BCUT2D eigenvalue weighted by Gasteiger charge is 2.06. The molecule has 1 aromatic carbocycles. The molecular weight excluding hydrogens is 332 g/mol. The number of hydrogen-bond acceptors (Lipinski definition) is 3. The second kappa shape index (κ2) is 9.82. The largest absolute Gasteiger partial charge is 0.310 e. The summed E-state index contributed by atoms with van der Waals surface area (Å²) in [5.41, 5.74) is 1.39. The number of thioether (sulfide) groups is 1. The van der Waals surface area contributed by atoms with Crippen molar-refractivity contribution in [3.63, 3.8) is 0 Å². The van der Waals surface area contributed by atoms with Crippen molar-refractivity contribution >= 4 is 27.7 Å². The lowest BCUT2D eigenvalue weighted by Gasteiger charge is -2.18. The first-order chi connectivity index (χ1) is 9.56. The molecule has 20 heavy (non-hydrogen) atoms. The van der Waals surface area contributed by atoms with Gasteiger partial charge in [0.25, 0.3) is 0 Å². The Morgan fingerprint density at radius 2 is 1.95 bits per heavy atom. The van der Waals surface area contributed by atoms with Gasteiger partial charge < -0.3 is 10.2 Å².